The molecule has 2 rings (SSSR count). The lowest BCUT2D eigenvalue weighted by Crippen LogP contribution is -2.60. The van der Waals surface area contributed by atoms with Crippen LogP contribution < -0.4 is 5.32 Å². The van der Waals surface area contributed by atoms with Gasteiger partial charge >= 0.3 is 0 Å². The Balaban J connectivity index is 1.72. The topological polar surface area (TPSA) is 64.6 Å². The van der Waals surface area contributed by atoms with Crippen LogP contribution in [0, 0.1) is 5.92 Å². The lowest BCUT2D eigenvalue weighted by molar-refractivity contribution is -0.131. The monoisotopic (exact) mass is 277 g/mol. The molecule has 0 aromatic heterocycles. The third-order valence-corrected chi connectivity index (χ3v) is 5.73. The summed E-state index contributed by atoms with van der Waals surface area (Å²) < 4.78 is 33.7. The van der Waals surface area contributed by atoms with Gasteiger partial charge in [-0.1, -0.05) is 0 Å². The van der Waals surface area contributed by atoms with Crippen molar-refractivity contribution in [2.45, 2.75) is 38.0 Å². The molecule has 1 aliphatic carbocycles. The molecule has 0 bridgehead atoms. The number of ether oxygens (including phenoxy) is 2. The van der Waals surface area contributed by atoms with E-state index in [4.69, 9.17) is 9.47 Å². The van der Waals surface area contributed by atoms with E-state index in [0.717, 1.165) is 19.4 Å². The van der Waals surface area contributed by atoms with E-state index < -0.39 is 9.84 Å². The highest BCUT2D eigenvalue weighted by Crippen LogP contribution is 2.27. The fourth-order valence-corrected chi connectivity index (χ4v) is 4.69. The molecule has 6 heteroatoms. The van der Waals surface area contributed by atoms with Crippen molar-refractivity contribution in [3.8, 4) is 0 Å². The molecular formula is C12H23NO4S. The molecule has 0 aromatic carbocycles. The van der Waals surface area contributed by atoms with Gasteiger partial charge in [-0.2, -0.15) is 0 Å². The molecular weight excluding hydrogens is 254 g/mol. The third kappa shape index (κ3) is 3.23. The van der Waals surface area contributed by atoms with Crippen LogP contribution in [0.5, 0.6) is 0 Å². The van der Waals surface area contributed by atoms with E-state index >= 15 is 0 Å². The first kappa shape index (κ1) is 14.2. The molecule has 4 unspecified atom stereocenters. The minimum Gasteiger partial charge on any atom is -0.377 e. The highest BCUT2D eigenvalue weighted by atomic mass is 32.2. The van der Waals surface area contributed by atoms with Crippen molar-refractivity contribution in [1.82, 2.24) is 5.32 Å². The van der Waals surface area contributed by atoms with Crippen molar-refractivity contribution >= 4 is 9.84 Å². The van der Waals surface area contributed by atoms with E-state index in [2.05, 4.69) is 5.32 Å². The zero-order valence-electron chi connectivity index (χ0n) is 11.1. The van der Waals surface area contributed by atoms with E-state index in [1.807, 2.05) is 6.92 Å². The lowest BCUT2D eigenvalue weighted by Gasteiger charge is -2.43. The molecule has 0 aromatic rings. The maximum absolute atomic E-state index is 11.4. The molecule has 5 nitrogen and oxygen atoms in total. The van der Waals surface area contributed by atoms with Gasteiger partial charge in [-0.25, -0.2) is 8.42 Å². The summed E-state index contributed by atoms with van der Waals surface area (Å²) in [6, 6.07) is 0.301. The van der Waals surface area contributed by atoms with Crippen LogP contribution in [0.25, 0.3) is 0 Å². The van der Waals surface area contributed by atoms with Crippen molar-refractivity contribution in [2.24, 2.45) is 5.92 Å². The number of hydrogen-bond donors (Lipinski definition) is 1. The highest BCUT2D eigenvalue weighted by molar-refractivity contribution is 7.91. The molecule has 2 fully saturated rings. The maximum atomic E-state index is 11.4. The number of hydrogen-bond acceptors (Lipinski definition) is 5. The predicted molar refractivity (Wildman–Crippen MR) is 69.4 cm³/mol. The standard InChI is InChI=1S/C12H23NO4S/c1-3-17-11-6-10(12(11)16-2)13-7-9-4-5-18(14,15)8-9/h9-13H,3-8H2,1-2H3. The summed E-state index contributed by atoms with van der Waals surface area (Å²) in [6.07, 6.45) is 2.02. The van der Waals surface area contributed by atoms with Crippen LogP contribution in [0.4, 0.5) is 0 Å². The molecule has 0 radical (unpaired) electrons. The molecule has 1 saturated carbocycles. The Labute approximate surface area is 109 Å². The molecule has 1 aliphatic heterocycles. The van der Waals surface area contributed by atoms with Crippen molar-refractivity contribution in [2.75, 3.05) is 31.8 Å². The number of sulfone groups is 1. The van der Waals surface area contributed by atoms with Crippen LogP contribution in [0.2, 0.25) is 0 Å². The lowest BCUT2D eigenvalue weighted by atomic mass is 9.85. The summed E-state index contributed by atoms with van der Waals surface area (Å²) in [5.74, 6) is 0.942. The van der Waals surface area contributed by atoms with Gasteiger partial charge in [-0.15, -0.1) is 0 Å². The summed E-state index contributed by atoms with van der Waals surface area (Å²) in [7, 11) is -1.07. The van der Waals surface area contributed by atoms with Crippen LogP contribution in [-0.4, -0.2) is 58.4 Å². The molecule has 2 aliphatic rings. The Morgan fingerprint density at radius 2 is 2.17 bits per heavy atom. The average molecular weight is 277 g/mol. The van der Waals surface area contributed by atoms with Crippen molar-refractivity contribution in [1.29, 1.82) is 0 Å². The zero-order chi connectivity index (χ0) is 13.2. The van der Waals surface area contributed by atoms with E-state index in [9.17, 15) is 8.42 Å². The van der Waals surface area contributed by atoms with Gasteiger partial charge < -0.3 is 14.8 Å². The molecule has 18 heavy (non-hydrogen) atoms. The molecule has 1 saturated heterocycles. The molecule has 1 heterocycles. The van der Waals surface area contributed by atoms with Gasteiger partial charge in [0.15, 0.2) is 9.84 Å². The van der Waals surface area contributed by atoms with E-state index in [1.165, 1.54) is 0 Å². The fraction of sp³-hybridized carbons (Fsp3) is 1.00. The van der Waals surface area contributed by atoms with Gasteiger partial charge in [0.05, 0.1) is 23.7 Å². The van der Waals surface area contributed by atoms with E-state index in [-0.39, 0.29) is 18.1 Å². The second-order valence-corrected chi connectivity index (χ2v) is 7.44. The molecule has 106 valence electrons. The highest BCUT2D eigenvalue weighted by Gasteiger charge is 2.42. The molecule has 0 spiro atoms. The Kier molecular flexibility index (Phi) is 4.64. The summed E-state index contributed by atoms with van der Waals surface area (Å²) in [5.41, 5.74) is 0. The second-order valence-electron chi connectivity index (χ2n) is 5.21. The Bertz CT molecular complexity index is 370. The van der Waals surface area contributed by atoms with Crippen LogP contribution in [-0.2, 0) is 19.3 Å². The van der Waals surface area contributed by atoms with Crippen LogP contribution in [0.15, 0.2) is 0 Å². The molecule has 4 atom stereocenters. The van der Waals surface area contributed by atoms with Gasteiger partial charge in [0.1, 0.15) is 0 Å². The first-order valence-electron chi connectivity index (χ1n) is 6.64. The number of methoxy groups -OCH3 is 1. The van der Waals surface area contributed by atoms with Gasteiger partial charge in [-0.05, 0) is 32.2 Å². The van der Waals surface area contributed by atoms with Crippen molar-refractivity contribution in [3.05, 3.63) is 0 Å². The maximum Gasteiger partial charge on any atom is 0.150 e. The molecule has 1 N–H and O–H groups in total. The van der Waals surface area contributed by atoms with Gasteiger partial charge in [-0.3, -0.25) is 0 Å². The average Bonchev–Trinajstić information content (AvgIpc) is 2.63. The Morgan fingerprint density at radius 3 is 2.72 bits per heavy atom. The number of nitrogens with one attached hydrogen (secondary N) is 1. The smallest absolute Gasteiger partial charge is 0.150 e. The summed E-state index contributed by atoms with van der Waals surface area (Å²) in [4.78, 5) is 0. The van der Waals surface area contributed by atoms with E-state index in [1.54, 1.807) is 7.11 Å². The Morgan fingerprint density at radius 1 is 1.39 bits per heavy atom. The number of rotatable bonds is 6. The van der Waals surface area contributed by atoms with E-state index in [0.29, 0.717) is 24.2 Å². The van der Waals surface area contributed by atoms with Crippen LogP contribution in [0.3, 0.4) is 0 Å². The zero-order valence-corrected chi connectivity index (χ0v) is 11.9. The van der Waals surface area contributed by atoms with Crippen molar-refractivity contribution in [3.63, 3.8) is 0 Å². The SMILES string of the molecule is CCOC1CC(NCC2CCS(=O)(=O)C2)C1OC. The molecule has 0 amide bonds. The first-order chi connectivity index (χ1) is 8.55. The first-order valence-corrected chi connectivity index (χ1v) is 8.46. The van der Waals surface area contributed by atoms with Crippen molar-refractivity contribution < 1.29 is 17.9 Å². The predicted octanol–water partition coefficient (Wildman–Crippen LogP) is 0.203. The largest absolute Gasteiger partial charge is 0.377 e. The summed E-state index contributed by atoms with van der Waals surface area (Å²) in [6.45, 7) is 3.46. The quantitative estimate of drug-likeness (QED) is 0.751. The van der Waals surface area contributed by atoms with Gasteiger partial charge in [0.2, 0.25) is 0 Å². The van der Waals surface area contributed by atoms with Gasteiger partial charge in [0.25, 0.3) is 0 Å². The van der Waals surface area contributed by atoms with Crippen LogP contribution in [0.1, 0.15) is 19.8 Å². The fourth-order valence-electron chi connectivity index (χ4n) is 2.83. The minimum absolute atomic E-state index is 0.1000. The summed E-state index contributed by atoms with van der Waals surface area (Å²) in [5, 5.41) is 3.42. The van der Waals surface area contributed by atoms with Gasteiger partial charge in [0, 0.05) is 19.8 Å². The third-order valence-electron chi connectivity index (χ3n) is 3.90. The van der Waals surface area contributed by atoms with Crippen LogP contribution >= 0.6 is 0 Å². The minimum atomic E-state index is -2.77. The second kappa shape index (κ2) is 5.86. The Hall–Kier alpha value is -0.170. The normalized spacial score (nSPS) is 38.6. The summed E-state index contributed by atoms with van der Waals surface area (Å²) >= 11 is 0.